The molecule has 0 radical (unpaired) electrons. The Morgan fingerprint density at radius 1 is 0.808 bits per heavy atom. The van der Waals surface area contributed by atoms with E-state index in [1.165, 1.54) is 0 Å². The fourth-order valence-corrected chi connectivity index (χ4v) is 7.26. The molecule has 0 fully saturated rings. The first-order chi connectivity index (χ1) is 12.4. The summed E-state index contributed by atoms with van der Waals surface area (Å²) in [5.41, 5.74) is 1.91. The third kappa shape index (κ3) is 2.28. The minimum atomic E-state index is -4.70. The van der Waals surface area contributed by atoms with Crippen molar-refractivity contribution in [1.82, 2.24) is 0 Å². The number of fused-ring (bicyclic) bond motifs is 1. The molecule has 6 heteroatoms. The van der Waals surface area contributed by atoms with E-state index in [-0.39, 0.29) is 0 Å². The van der Waals surface area contributed by atoms with Gasteiger partial charge in [0, 0.05) is 0 Å². The van der Waals surface area contributed by atoms with Gasteiger partial charge in [0.1, 0.15) is 0 Å². The van der Waals surface area contributed by atoms with Crippen molar-refractivity contribution in [2.24, 2.45) is 0 Å². The third-order valence-corrected chi connectivity index (χ3v) is 9.41. The molecule has 4 rings (SSSR count). The second-order valence-electron chi connectivity index (χ2n) is 6.39. The topological polar surface area (TPSA) is 21.3 Å². The van der Waals surface area contributed by atoms with Crippen LogP contribution in [0.5, 0.6) is 5.75 Å². The first-order valence-electron chi connectivity index (χ1n) is 8.18. The summed E-state index contributed by atoms with van der Waals surface area (Å²) in [6, 6.07) is 17.8. The van der Waals surface area contributed by atoms with Crippen molar-refractivity contribution in [3.63, 3.8) is 0 Å². The van der Waals surface area contributed by atoms with Gasteiger partial charge in [0.2, 0.25) is 0 Å². The van der Waals surface area contributed by atoms with Crippen LogP contribution in [0.3, 0.4) is 0 Å². The van der Waals surface area contributed by atoms with E-state index in [9.17, 15) is 0 Å². The summed E-state index contributed by atoms with van der Waals surface area (Å²) in [4.78, 5) is 0. The molecule has 0 amide bonds. The van der Waals surface area contributed by atoms with Crippen molar-refractivity contribution in [2.75, 3.05) is 5.09 Å². The summed E-state index contributed by atoms with van der Waals surface area (Å²) in [5, 5.41) is 4.85. The van der Waals surface area contributed by atoms with Gasteiger partial charge in [-0.25, -0.2) is 0 Å². The predicted octanol–water partition coefficient (Wildman–Crippen LogP) is 6.33. The van der Waals surface area contributed by atoms with Crippen LogP contribution in [0.2, 0.25) is 10.0 Å². The Bertz CT molecular complexity index is 931. The van der Waals surface area contributed by atoms with E-state index >= 15 is 4.20 Å². The number of halogens is 3. The fourth-order valence-electron chi connectivity index (χ4n) is 3.32. The van der Waals surface area contributed by atoms with Crippen LogP contribution in [-0.2, 0) is 0 Å². The van der Waals surface area contributed by atoms with Gasteiger partial charge in [0.05, 0.1) is 0 Å². The van der Waals surface area contributed by atoms with Crippen LogP contribution in [0.25, 0.3) is 0 Å². The van der Waals surface area contributed by atoms with E-state index in [0.717, 1.165) is 5.56 Å². The molecule has 1 aliphatic heterocycles. The monoisotopic (exact) mass is 407 g/mol. The maximum absolute atomic E-state index is 17.3. The SMILES string of the molecule is Cc1c(Cl)c(C)c2c(c1Cl)OP(F)(c1ccccc1)(c1ccccc1)N2. The summed E-state index contributed by atoms with van der Waals surface area (Å²) in [6.07, 6.45) is 0. The number of anilines is 1. The van der Waals surface area contributed by atoms with E-state index in [1.54, 1.807) is 55.5 Å². The molecule has 134 valence electrons. The Kier molecular flexibility index (Phi) is 3.96. The Labute approximate surface area is 162 Å². The third-order valence-electron chi connectivity index (χ3n) is 4.80. The molecule has 26 heavy (non-hydrogen) atoms. The van der Waals surface area contributed by atoms with Gasteiger partial charge >= 0.3 is 162 Å². The second kappa shape index (κ2) is 5.85. The molecule has 0 aliphatic carbocycles. The van der Waals surface area contributed by atoms with Crippen LogP contribution in [-0.4, -0.2) is 0 Å². The summed E-state index contributed by atoms with van der Waals surface area (Å²) >= 11 is 12.9. The molecule has 3 aromatic rings. The average molecular weight is 408 g/mol. The Morgan fingerprint density at radius 2 is 1.31 bits per heavy atom. The first-order valence-corrected chi connectivity index (χ1v) is 11.0. The number of rotatable bonds is 2. The molecule has 0 saturated carbocycles. The summed E-state index contributed by atoms with van der Waals surface area (Å²) < 4.78 is 23.4. The van der Waals surface area contributed by atoms with Gasteiger partial charge < -0.3 is 0 Å². The van der Waals surface area contributed by atoms with Crippen molar-refractivity contribution in [1.29, 1.82) is 0 Å². The molecule has 0 aromatic heterocycles. The van der Waals surface area contributed by atoms with Crippen molar-refractivity contribution >= 4 is 46.8 Å². The Balaban J connectivity index is 2.05. The van der Waals surface area contributed by atoms with Gasteiger partial charge in [-0.2, -0.15) is 0 Å². The van der Waals surface area contributed by atoms with Gasteiger partial charge in [-0.05, 0) is 0 Å². The zero-order valence-corrected chi connectivity index (χ0v) is 16.7. The zero-order valence-electron chi connectivity index (χ0n) is 14.3. The van der Waals surface area contributed by atoms with Gasteiger partial charge in [0.15, 0.2) is 0 Å². The normalized spacial score (nSPS) is 18.1. The summed E-state index contributed by atoms with van der Waals surface area (Å²) in [7, 11) is -4.70. The van der Waals surface area contributed by atoms with E-state index in [4.69, 9.17) is 27.7 Å². The van der Waals surface area contributed by atoms with Crippen LogP contribution in [0, 0.1) is 13.8 Å². The molecule has 0 unspecified atom stereocenters. The van der Waals surface area contributed by atoms with Gasteiger partial charge in [0.25, 0.3) is 0 Å². The number of benzene rings is 3. The van der Waals surface area contributed by atoms with Crippen LogP contribution in [0.15, 0.2) is 60.7 Å². The average Bonchev–Trinajstić information content (AvgIpc) is 3.03. The number of hydrogen-bond acceptors (Lipinski definition) is 2. The Morgan fingerprint density at radius 3 is 1.81 bits per heavy atom. The molecule has 3 aromatic carbocycles. The van der Waals surface area contributed by atoms with Crippen LogP contribution in [0.4, 0.5) is 9.88 Å². The second-order valence-corrected chi connectivity index (χ2v) is 10.4. The fraction of sp³-hybridized carbons (Fsp3) is 0.100. The van der Waals surface area contributed by atoms with Gasteiger partial charge in [-0.1, -0.05) is 0 Å². The molecule has 1 N–H and O–H groups in total. The summed E-state index contributed by atoms with van der Waals surface area (Å²) in [5.74, 6) is 0.318. The minimum absolute atomic E-state index is 0.318. The maximum atomic E-state index is 17.3. The number of nitrogens with one attached hydrogen (secondary N) is 1. The van der Waals surface area contributed by atoms with Crippen LogP contribution < -0.4 is 20.2 Å². The van der Waals surface area contributed by atoms with Crippen molar-refractivity contribution < 1.29 is 8.72 Å². The van der Waals surface area contributed by atoms with Crippen molar-refractivity contribution in [3.05, 3.63) is 81.8 Å². The zero-order chi connectivity index (χ0) is 18.6. The molecule has 0 bridgehead atoms. The van der Waals surface area contributed by atoms with Gasteiger partial charge in [-0.15, -0.1) is 0 Å². The van der Waals surface area contributed by atoms with Gasteiger partial charge in [-0.3, -0.25) is 0 Å². The van der Waals surface area contributed by atoms with Crippen LogP contribution >= 0.6 is 30.5 Å². The standard InChI is InChI=1S/C20H17Cl2FNOP/c1-13-17(21)14(2)19-20(18(13)22)25-26(23,24-19,15-9-5-3-6-10-15)16-11-7-4-8-12-16/h3-12,24H,1-2H3. The quantitative estimate of drug-likeness (QED) is 0.500. The van der Waals surface area contributed by atoms with E-state index in [1.807, 2.05) is 19.1 Å². The molecular weight excluding hydrogens is 391 g/mol. The molecule has 1 aliphatic rings. The van der Waals surface area contributed by atoms with E-state index in [0.29, 0.717) is 37.7 Å². The van der Waals surface area contributed by atoms with Crippen molar-refractivity contribution in [3.8, 4) is 5.75 Å². The van der Waals surface area contributed by atoms with Crippen molar-refractivity contribution in [2.45, 2.75) is 13.8 Å². The number of hydrogen-bond donors (Lipinski definition) is 1. The molecular formula is C20H17Cl2FNOP. The first kappa shape index (κ1) is 17.6. The van der Waals surface area contributed by atoms with Crippen LogP contribution in [0.1, 0.15) is 11.1 Å². The molecule has 0 spiro atoms. The molecule has 2 nitrogen and oxygen atoms in total. The predicted molar refractivity (Wildman–Crippen MR) is 110 cm³/mol. The van der Waals surface area contributed by atoms with E-state index in [2.05, 4.69) is 5.09 Å². The molecule has 1 heterocycles. The van der Waals surface area contributed by atoms with E-state index < -0.39 is 7.29 Å². The Hall–Kier alpha value is -1.80. The molecule has 0 atom stereocenters. The molecule has 0 saturated heterocycles. The summed E-state index contributed by atoms with van der Waals surface area (Å²) in [6.45, 7) is 3.64.